The van der Waals surface area contributed by atoms with Crippen LogP contribution in [0.3, 0.4) is 0 Å². The smallest absolute Gasteiger partial charge is 0.224 e. The van der Waals surface area contributed by atoms with Crippen LogP contribution in [0.1, 0.15) is 11.3 Å². The second-order valence-electron chi connectivity index (χ2n) is 6.56. The molecule has 28 heavy (non-hydrogen) atoms. The highest BCUT2D eigenvalue weighted by Gasteiger charge is 2.15. The number of ether oxygens (including phenoxy) is 3. The van der Waals surface area contributed by atoms with Crippen LogP contribution in [0, 0.1) is 6.92 Å². The van der Waals surface area contributed by atoms with Gasteiger partial charge in [-0.3, -0.25) is 4.79 Å². The number of carbonyl (C=O) groups excluding carboxylic acids is 1. The zero-order valence-corrected chi connectivity index (χ0v) is 16.7. The van der Waals surface area contributed by atoms with Gasteiger partial charge in [-0.15, -0.1) is 0 Å². The van der Waals surface area contributed by atoms with Crippen molar-refractivity contribution < 1.29 is 19.0 Å². The summed E-state index contributed by atoms with van der Waals surface area (Å²) < 4.78 is 18.2. The standard InChI is InChI=1S/C22H26N2O4/c1-15-11-17-7-5-6-8-18(17)24(15)10-9-23-21(25)14-16-12-19(26-2)22(28-4)20(13-16)27-3/h5-8,11-13H,9-10,14H2,1-4H3,(H,23,25). The molecule has 0 saturated heterocycles. The first-order valence-electron chi connectivity index (χ1n) is 9.17. The van der Waals surface area contributed by atoms with Gasteiger partial charge in [0.05, 0.1) is 27.8 Å². The Morgan fingerprint density at radius 2 is 1.68 bits per heavy atom. The van der Waals surface area contributed by atoms with Crippen molar-refractivity contribution in [2.45, 2.75) is 19.9 Å². The van der Waals surface area contributed by atoms with Gasteiger partial charge < -0.3 is 24.1 Å². The van der Waals surface area contributed by atoms with Crippen LogP contribution in [0.5, 0.6) is 17.2 Å². The zero-order chi connectivity index (χ0) is 20.1. The second kappa shape index (κ2) is 8.69. The molecule has 0 fully saturated rings. The minimum atomic E-state index is -0.0524. The SMILES string of the molecule is COc1cc(CC(=O)NCCn2c(C)cc3ccccc32)cc(OC)c1OC. The minimum Gasteiger partial charge on any atom is -0.493 e. The number of para-hydroxylation sites is 1. The van der Waals surface area contributed by atoms with E-state index in [9.17, 15) is 4.79 Å². The molecule has 1 heterocycles. The van der Waals surface area contributed by atoms with E-state index >= 15 is 0 Å². The van der Waals surface area contributed by atoms with Crippen LogP contribution in [0.2, 0.25) is 0 Å². The van der Waals surface area contributed by atoms with Gasteiger partial charge in [-0.05, 0) is 42.1 Å². The van der Waals surface area contributed by atoms with E-state index in [1.54, 1.807) is 33.5 Å². The molecule has 0 radical (unpaired) electrons. The fourth-order valence-electron chi connectivity index (χ4n) is 3.44. The molecule has 0 spiro atoms. The maximum Gasteiger partial charge on any atom is 0.224 e. The van der Waals surface area contributed by atoms with Crippen LogP contribution in [0.15, 0.2) is 42.5 Å². The van der Waals surface area contributed by atoms with Gasteiger partial charge in [0.25, 0.3) is 0 Å². The monoisotopic (exact) mass is 382 g/mol. The normalized spacial score (nSPS) is 10.7. The number of hydrogen-bond acceptors (Lipinski definition) is 4. The summed E-state index contributed by atoms with van der Waals surface area (Å²) in [4.78, 5) is 12.4. The average Bonchev–Trinajstić information content (AvgIpc) is 3.02. The average molecular weight is 382 g/mol. The van der Waals surface area contributed by atoms with Crippen LogP contribution in [0.4, 0.5) is 0 Å². The van der Waals surface area contributed by atoms with Crippen molar-refractivity contribution in [3.63, 3.8) is 0 Å². The van der Waals surface area contributed by atoms with Crippen molar-refractivity contribution in [3.05, 3.63) is 53.7 Å². The number of aromatic nitrogens is 1. The Balaban J connectivity index is 1.64. The topological polar surface area (TPSA) is 61.7 Å². The molecule has 3 aromatic rings. The molecule has 6 heteroatoms. The first kappa shape index (κ1) is 19.6. The lowest BCUT2D eigenvalue weighted by Crippen LogP contribution is -2.28. The van der Waals surface area contributed by atoms with Crippen molar-refractivity contribution in [1.82, 2.24) is 9.88 Å². The van der Waals surface area contributed by atoms with Gasteiger partial charge in [-0.2, -0.15) is 0 Å². The molecular weight excluding hydrogens is 356 g/mol. The predicted molar refractivity (Wildman–Crippen MR) is 109 cm³/mol. The Morgan fingerprint density at radius 1 is 1.00 bits per heavy atom. The first-order chi connectivity index (χ1) is 13.6. The summed E-state index contributed by atoms with van der Waals surface area (Å²) in [6, 6.07) is 14.0. The molecule has 1 N–H and O–H groups in total. The number of rotatable bonds is 8. The molecule has 0 aliphatic rings. The Hall–Kier alpha value is -3.15. The summed E-state index contributed by atoms with van der Waals surface area (Å²) in [5.74, 6) is 1.55. The maximum atomic E-state index is 12.4. The number of benzene rings is 2. The van der Waals surface area contributed by atoms with Gasteiger partial charge in [0.1, 0.15) is 0 Å². The first-order valence-corrected chi connectivity index (χ1v) is 9.17. The quantitative estimate of drug-likeness (QED) is 0.649. The molecule has 148 valence electrons. The third kappa shape index (κ3) is 4.06. The van der Waals surface area contributed by atoms with Crippen molar-refractivity contribution in [2.24, 2.45) is 0 Å². The van der Waals surface area contributed by atoms with E-state index in [0.29, 0.717) is 23.8 Å². The van der Waals surface area contributed by atoms with Gasteiger partial charge in [0, 0.05) is 24.3 Å². The van der Waals surface area contributed by atoms with Gasteiger partial charge in [-0.25, -0.2) is 0 Å². The highest BCUT2D eigenvalue weighted by atomic mass is 16.5. The largest absolute Gasteiger partial charge is 0.493 e. The highest BCUT2D eigenvalue weighted by Crippen LogP contribution is 2.38. The van der Waals surface area contributed by atoms with Crippen LogP contribution in [0.25, 0.3) is 10.9 Å². The summed E-state index contributed by atoms with van der Waals surface area (Å²) in [5.41, 5.74) is 3.16. The molecule has 0 unspecified atom stereocenters. The summed E-state index contributed by atoms with van der Waals surface area (Å²) in [6.07, 6.45) is 0.238. The summed E-state index contributed by atoms with van der Waals surface area (Å²) >= 11 is 0. The van der Waals surface area contributed by atoms with Gasteiger partial charge in [0.2, 0.25) is 11.7 Å². The fraction of sp³-hybridized carbons (Fsp3) is 0.318. The third-order valence-electron chi connectivity index (χ3n) is 4.76. The van der Waals surface area contributed by atoms with E-state index in [4.69, 9.17) is 14.2 Å². The molecule has 2 aromatic carbocycles. The maximum absolute atomic E-state index is 12.4. The van der Waals surface area contributed by atoms with Gasteiger partial charge in [-0.1, -0.05) is 18.2 Å². The highest BCUT2D eigenvalue weighted by molar-refractivity contribution is 5.81. The number of amides is 1. The number of methoxy groups -OCH3 is 3. The molecule has 0 aliphatic carbocycles. The number of nitrogens with zero attached hydrogens (tertiary/aromatic N) is 1. The molecule has 0 atom stereocenters. The van der Waals surface area contributed by atoms with E-state index in [0.717, 1.165) is 12.1 Å². The van der Waals surface area contributed by atoms with E-state index < -0.39 is 0 Å². The molecule has 1 aromatic heterocycles. The molecule has 0 bridgehead atoms. The van der Waals surface area contributed by atoms with Crippen molar-refractivity contribution in [3.8, 4) is 17.2 Å². The lowest BCUT2D eigenvalue weighted by Gasteiger charge is -2.14. The molecule has 6 nitrogen and oxygen atoms in total. The van der Waals surface area contributed by atoms with Crippen LogP contribution in [-0.4, -0.2) is 38.3 Å². The molecular formula is C22H26N2O4. The second-order valence-corrected chi connectivity index (χ2v) is 6.56. The van der Waals surface area contributed by atoms with E-state index in [1.807, 2.05) is 12.1 Å². The van der Waals surface area contributed by atoms with E-state index in [-0.39, 0.29) is 12.3 Å². The van der Waals surface area contributed by atoms with Crippen LogP contribution < -0.4 is 19.5 Å². The van der Waals surface area contributed by atoms with E-state index in [1.165, 1.54) is 16.6 Å². The minimum absolute atomic E-state index is 0.0524. The van der Waals surface area contributed by atoms with E-state index in [2.05, 4.69) is 35.0 Å². The molecule has 0 saturated carbocycles. The number of carbonyl (C=O) groups is 1. The third-order valence-corrected chi connectivity index (χ3v) is 4.76. The van der Waals surface area contributed by atoms with Crippen LogP contribution in [-0.2, 0) is 17.8 Å². The summed E-state index contributed by atoms with van der Waals surface area (Å²) in [5, 5.41) is 4.20. The number of fused-ring (bicyclic) bond motifs is 1. The Morgan fingerprint density at radius 3 is 2.32 bits per heavy atom. The Bertz CT molecular complexity index is 953. The molecule has 3 rings (SSSR count). The predicted octanol–water partition coefficient (Wildman–Crippen LogP) is 3.33. The fourth-order valence-corrected chi connectivity index (χ4v) is 3.44. The Labute approximate surface area is 165 Å². The lowest BCUT2D eigenvalue weighted by atomic mass is 10.1. The summed E-state index contributed by atoms with van der Waals surface area (Å²) in [6.45, 7) is 3.36. The van der Waals surface area contributed by atoms with Crippen molar-refractivity contribution in [1.29, 1.82) is 0 Å². The number of aryl methyl sites for hydroxylation is 1. The van der Waals surface area contributed by atoms with Crippen molar-refractivity contribution in [2.75, 3.05) is 27.9 Å². The van der Waals surface area contributed by atoms with Crippen LogP contribution >= 0.6 is 0 Å². The van der Waals surface area contributed by atoms with Gasteiger partial charge >= 0.3 is 0 Å². The van der Waals surface area contributed by atoms with Gasteiger partial charge in [0.15, 0.2) is 11.5 Å². The Kier molecular flexibility index (Phi) is 6.09. The number of nitrogens with one attached hydrogen (secondary N) is 1. The zero-order valence-electron chi connectivity index (χ0n) is 16.7. The van der Waals surface area contributed by atoms with Crippen molar-refractivity contribution >= 4 is 16.8 Å². The number of hydrogen-bond donors (Lipinski definition) is 1. The molecule has 1 amide bonds. The lowest BCUT2D eigenvalue weighted by molar-refractivity contribution is -0.120. The summed E-state index contributed by atoms with van der Waals surface area (Å²) in [7, 11) is 4.68. The molecule has 0 aliphatic heterocycles.